The van der Waals surface area contributed by atoms with Gasteiger partial charge in [0.05, 0.1) is 13.2 Å². The van der Waals surface area contributed by atoms with E-state index in [2.05, 4.69) is 26.6 Å². The topological polar surface area (TPSA) is 48.9 Å². The third kappa shape index (κ3) is 7.22. The van der Waals surface area contributed by atoms with Gasteiger partial charge in [0.25, 0.3) is 0 Å². The molecule has 1 heterocycles. The molecule has 0 spiro atoms. The summed E-state index contributed by atoms with van der Waals surface area (Å²) < 4.78 is 42.2. The zero-order chi connectivity index (χ0) is 20.4. The zero-order valence-corrected chi connectivity index (χ0v) is 16.7. The highest BCUT2D eigenvalue weighted by molar-refractivity contribution is 5.79. The van der Waals surface area contributed by atoms with E-state index in [9.17, 15) is 13.2 Å². The largest absolute Gasteiger partial charge is 0.496 e. The summed E-state index contributed by atoms with van der Waals surface area (Å²) in [4.78, 5) is 6.62. The van der Waals surface area contributed by atoms with E-state index in [0.717, 1.165) is 24.4 Å². The number of halogens is 3. The molecule has 0 bridgehead atoms. The van der Waals surface area contributed by atoms with Crippen LogP contribution in [0.2, 0.25) is 0 Å². The van der Waals surface area contributed by atoms with Gasteiger partial charge in [0.1, 0.15) is 5.75 Å². The zero-order valence-electron chi connectivity index (χ0n) is 16.7. The molecule has 1 saturated heterocycles. The van der Waals surface area contributed by atoms with Crippen molar-refractivity contribution in [3.05, 3.63) is 29.8 Å². The molecular formula is C20H31F3N4O. The van der Waals surface area contributed by atoms with E-state index in [0.29, 0.717) is 25.5 Å². The van der Waals surface area contributed by atoms with Gasteiger partial charge in [-0.3, -0.25) is 9.89 Å². The van der Waals surface area contributed by atoms with E-state index in [4.69, 9.17) is 4.74 Å². The van der Waals surface area contributed by atoms with Crippen LogP contribution in [-0.2, 0) is 0 Å². The molecular weight excluding hydrogens is 369 g/mol. The number of rotatable bonds is 9. The number of hydrogen-bond donors (Lipinski definition) is 2. The number of alkyl halides is 3. The van der Waals surface area contributed by atoms with Gasteiger partial charge in [0.15, 0.2) is 5.96 Å². The summed E-state index contributed by atoms with van der Waals surface area (Å²) in [5, 5.41) is 6.43. The number of para-hydroxylation sites is 1. The molecule has 2 rings (SSSR count). The maximum Gasteiger partial charge on any atom is 0.389 e. The molecule has 1 aliphatic rings. The van der Waals surface area contributed by atoms with Crippen LogP contribution >= 0.6 is 0 Å². The second-order valence-corrected chi connectivity index (χ2v) is 6.95. The van der Waals surface area contributed by atoms with Crippen LogP contribution in [0, 0.1) is 0 Å². The molecule has 1 fully saturated rings. The fourth-order valence-corrected chi connectivity index (χ4v) is 3.50. The first-order chi connectivity index (χ1) is 13.4. The smallest absolute Gasteiger partial charge is 0.389 e. The second kappa shape index (κ2) is 11.1. The molecule has 28 heavy (non-hydrogen) atoms. The number of aliphatic imine (C=N–C) groups is 1. The Bertz CT molecular complexity index is 616. The minimum absolute atomic E-state index is 0.116. The quantitative estimate of drug-likeness (QED) is 0.377. The van der Waals surface area contributed by atoms with Crippen LogP contribution in [0.1, 0.15) is 43.7 Å². The fraction of sp³-hybridized carbons (Fsp3) is 0.650. The van der Waals surface area contributed by atoms with Crippen molar-refractivity contribution in [2.75, 3.05) is 40.3 Å². The van der Waals surface area contributed by atoms with Crippen molar-refractivity contribution in [1.82, 2.24) is 15.5 Å². The van der Waals surface area contributed by atoms with Crippen LogP contribution < -0.4 is 15.4 Å². The maximum atomic E-state index is 12.2. The molecule has 1 unspecified atom stereocenters. The highest BCUT2D eigenvalue weighted by Gasteiger charge is 2.27. The summed E-state index contributed by atoms with van der Waals surface area (Å²) in [7, 11) is 3.34. The number of likely N-dealkylation sites (tertiary alicyclic amines) is 1. The number of hydrogen-bond acceptors (Lipinski definition) is 3. The van der Waals surface area contributed by atoms with Gasteiger partial charge in [-0.05, 0) is 44.8 Å². The fourth-order valence-electron chi connectivity index (χ4n) is 3.50. The van der Waals surface area contributed by atoms with Crippen molar-refractivity contribution in [2.24, 2.45) is 4.99 Å². The normalized spacial score (nSPS) is 16.8. The van der Waals surface area contributed by atoms with Crippen molar-refractivity contribution in [3.8, 4) is 5.75 Å². The number of benzene rings is 1. The molecule has 1 aromatic rings. The third-order valence-electron chi connectivity index (χ3n) is 4.95. The molecule has 0 radical (unpaired) electrons. The van der Waals surface area contributed by atoms with E-state index < -0.39 is 12.6 Å². The van der Waals surface area contributed by atoms with Gasteiger partial charge in [-0.25, -0.2) is 0 Å². The van der Waals surface area contributed by atoms with Gasteiger partial charge in [-0.1, -0.05) is 18.2 Å². The van der Waals surface area contributed by atoms with E-state index >= 15 is 0 Å². The van der Waals surface area contributed by atoms with Crippen molar-refractivity contribution < 1.29 is 17.9 Å². The summed E-state index contributed by atoms with van der Waals surface area (Å²) in [6.45, 7) is 3.17. The summed E-state index contributed by atoms with van der Waals surface area (Å²) >= 11 is 0. The number of guanidine groups is 1. The number of ether oxygens (including phenoxy) is 1. The lowest BCUT2D eigenvalue weighted by Gasteiger charge is -2.30. The Morgan fingerprint density at radius 3 is 2.54 bits per heavy atom. The van der Waals surface area contributed by atoms with Crippen LogP contribution in [0.25, 0.3) is 0 Å². The van der Waals surface area contributed by atoms with Gasteiger partial charge < -0.3 is 15.4 Å². The summed E-state index contributed by atoms with van der Waals surface area (Å²) in [6.07, 6.45) is -1.91. The average Bonchev–Trinajstić information content (AvgIpc) is 3.20. The predicted octanol–water partition coefficient (Wildman–Crippen LogP) is 3.73. The molecule has 0 aliphatic carbocycles. The van der Waals surface area contributed by atoms with Gasteiger partial charge in [-0.15, -0.1) is 0 Å². The first kappa shape index (κ1) is 22.3. The number of nitrogens with one attached hydrogen (secondary N) is 2. The number of unbranched alkanes of at least 4 members (excludes halogenated alkanes) is 1. The van der Waals surface area contributed by atoms with E-state index in [1.54, 1.807) is 14.2 Å². The van der Waals surface area contributed by atoms with Crippen LogP contribution in [-0.4, -0.2) is 57.4 Å². The maximum absolute atomic E-state index is 12.2. The summed E-state index contributed by atoms with van der Waals surface area (Å²) in [5.41, 5.74) is 1.13. The van der Waals surface area contributed by atoms with E-state index in [1.165, 1.54) is 12.8 Å². The Morgan fingerprint density at radius 2 is 1.89 bits per heavy atom. The molecule has 158 valence electrons. The first-order valence-corrected chi connectivity index (χ1v) is 9.83. The van der Waals surface area contributed by atoms with Crippen LogP contribution in [0.15, 0.2) is 29.3 Å². The van der Waals surface area contributed by atoms with Crippen molar-refractivity contribution in [3.63, 3.8) is 0 Å². The number of methoxy groups -OCH3 is 1. The molecule has 8 heteroatoms. The van der Waals surface area contributed by atoms with Crippen molar-refractivity contribution in [1.29, 1.82) is 0 Å². The predicted molar refractivity (Wildman–Crippen MR) is 106 cm³/mol. The molecule has 0 saturated carbocycles. The Balaban J connectivity index is 1.90. The Kier molecular flexibility index (Phi) is 8.89. The lowest BCUT2D eigenvalue weighted by atomic mass is 10.0. The Labute approximate surface area is 165 Å². The van der Waals surface area contributed by atoms with Gasteiger partial charge in [0.2, 0.25) is 0 Å². The molecule has 1 atom stereocenters. The van der Waals surface area contributed by atoms with Crippen LogP contribution in [0.3, 0.4) is 0 Å². The number of nitrogens with zero attached hydrogens (tertiary/aromatic N) is 2. The van der Waals surface area contributed by atoms with Gasteiger partial charge >= 0.3 is 6.18 Å². The van der Waals surface area contributed by atoms with E-state index in [1.807, 2.05) is 18.2 Å². The summed E-state index contributed by atoms with van der Waals surface area (Å²) in [5.74, 6) is 1.46. The summed E-state index contributed by atoms with van der Waals surface area (Å²) in [6, 6.07) is 8.15. The minimum Gasteiger partial charge on any atom is -0.496 e. The van der Waals surface area contributed by atoms with Gasteiger partial charge in [-0.2, -0.15) is 13.2 Å². The minimum atomic E-state index is -4.09. The SMILES string of the molecule is CN=C(NCCCCC(F)(F)F)NCC(c1ccccc1OC)N1CCCC1. The second-order valence-electron chi connectivity index (χ2n) is 6.95. The van der Waals surface area contributed by atoms with Crippen molar-refractivity contribution in [2.45, 2.75) is 44.3 Å². The lowest BCUT2D eigenvalue weighted by molar-refractivity contribution is -0.135. The van der Waals surface area contributed by atoms with Crippen molar-refractivity contribution >= 4 is 5.96 Å². The monoisotopic (exact) mass is 400 g/mol. The Hall–Kier alpha value is -1.96. The molecule has 2 N–H and O–H groups in total. The first-order valence-electron chi connectivity index (χ1n) is 9.83. The highest BCUT2D eigenvalue weighted by atomic mass is 19.4. The molecule has 5 nitrogen and oxygen atoms in total. The molecule has 1 aromatic carbocycles. The molecule has 0 aromatic heterocycles. The lowest BCUT2D eigenvalue weighted by Crippen LogP contribution is -2.43. The van der Waals surface area contributed by atoms with E-state index in [-0.39, 0.29) is 12.5 Å². The van der Waals surface area contributed by atoms with Crippen LogP contribution in [0.4, 0.5) is 13.2 Å². The highest BCUT2D eigenvalue weighted by Crippen LogP contribution is 2.31. The standard InChI is InChI=1S/C20H31F3N4O/c1-24-19(25-12-6-5-11-20(21,22)23)26-15-17(27-13-7-8-14-27)16-9-3-4-10-18(16)28-2/h3-4,9-10,17H,5-8,11-15H2,1-2H3,(H2,24,25,26). The Morgan fingerprint density at radius 1 is 1.18 bits per heavy atom. The van der Waals surface area contributed by atoms with Gasteiger partial charge in [0, 0.05) is 32.1 Å². The average molecular weight is 400 g/mol. The molecule has 0 amide bonds. The van der Waals surface area contributed by atoms with Crippen LogP contribution in [0.5, 0.6) is 5.75 Å². The third-order valence-corrected chi connectivity index (χ3v) is 4.95. The molecule has 1 aliphatic heterocycles.